The maximum absolute atomic E-state index is 13.0. The first-order chi connectivity index (χ1) is 14.7. The van der Waals surface area contributed by atoms with Gasteiger partial charge in [0.25, 0.3) is 0 Å². The van der Waals surface area contributed by atoms with Crippen LogP contribution in [0.1, 0.15) is 45.6 Å². The first kappa shape index (κ1) is 23.1. The minimum Gasteiger partial charge on any atom is -0.467 e. The van der Waals surface area contributed by atoms with Crippen molar-refractivity contribution in [1.82, 2.24) is 9.80 Å². The molecule has 170 valence electrons. The monoisotopic (exact) mass is 432 g/mol. The van der Waals surface area contributed by atoms with Gasteiger partial charge < -0.3 is 19.1 Å². The minimum atomic E-state index is -0.865. The molecule has 2 aliphatic rings. The van der Waals surface area contributed by atoms with Gasteiger partial charge in [0, 0.05) is 13.2 Å². The van der Waals surface area contributed by atoms with Crippen LogP contribution in [0, 0.1) is 0 Å². The number of ether oxygens (including phenoxy) is 3. The van der Waals surface area contributed by atoms with Crippen LogP contribution in [-0.2, 0) is 30.4 Å². The number of amides is 2. The minimum absolute atomic E-state index is 0.188. The Morgan fingerprint density at radius 3 is 2.42 bits per heavy atom. The van der Waals surface area contributed by atoms with E-state index < -0.39 is 29.2 Å². The Kier molecular flexibility index (Phi) is 6.89. The lowest BCUT2D eigenvalue weighted by molar-refractivity contribution is -0.161. The van der Waals surface area contributed by atoms with E-state index in [2.05, 4.69) is 0 Å². The first-order valence-corrected chi connectivity index (χ1v) is 10.7. The zero-order chi connectivity index (χ0) is 22.6. The van der Waals surface area contributed by atoms with Gasteiger partial charge in [-0.2, -0.15) is 0 Å². The van der Waals surface area contributed by atoms with Gasteiger partial charge in [-0.15, -0.1) is 0 Å². The Labute approximate surface area is 183 Å². The van der Waals surface area contributed by atoms with Crippen molar-refractivity contribution in [2.45, 2.75) is 63.8 Å². The summed E-state index contributed by atoms with van der Waals surface area (Å²) < 4.78 is 16.2. The Balaban J connectivity index is 1.64. The van der Waals surface area contributed by atoms with Gasteiger partial charge in [0.2, 0.25) is 5.91 Å². The van der Waals surface area contributed by atoms with Crippen molar-refractivity contribution in [3.8, 4) is 0 Å². The predicted molar refractivity (Wildman–Crippen MR) is 113 cm³/mol. The van der Waals surface area contributed by atoms with Gasteiger partial charge in [0.05, 0.1) is 19.3 Å². The van der Waals surface area contributed by atoms with E-state index >= 15 is 0 Å². The van der Waals surface area contributed by atoms with E-state index in [1.807, 2.05) is 30.3 Å². The van der Waals surface area contributed by atoms with Crippen molar-refractivity contribution < 1.29 is 28.6 Å². The summed E-state index contributed by atoms with van der Waals surface area (Å²) in [5.74, 6) is -0.715. The maximum Gasteiger partial charge on any atom is 0.411 e. The largest absolute Gasteiger partial charge is 0.467 e. The molecule has 0 aromatic heterocycles. The van der Waals surface area contributed by atoms with E-state index in [1.54, 1.807) is 25.7 Å². The highest BCUT2D eigenvalue weighted by atomic mass is 16.6. The first-order valence-electron chi connectivity index (χ1n) is 10.7. The number of benzene rings is 1. The third-order valence-corrected chi connectivity index (χ3v) is 5.56. The lowest BCUT2D eigenvalue weighted by atomic mass is 9.98. The summed E-state index contributed by atoms with van der Waals surface area (Å²) >= 11 is 0. The van der Waals surface area contributed by atoms with Gasteiger partial charge in [-0.05, 0) is 45.6 Å². The number of hydrogen-bond acceptors (Lipinski definition) is 6. The Hall–Kier alpha value is -2.61. The van der Waals surface area contributed by atoms with Crippen LogP contribution < -0.4 is 0 Å². The zero-order valence-electron chi connectivity index (χ0n) is 18.8. The topological polar surface area (TPSA) is 85.4 Å². The molecule has 1 spiro atoms. The van der Waals surface area contributed by atoms with E-state index in [9.17, 15) is 14.4 Å². The SMILES string of the molecule is COC(=O)C1N(C(=O)OC(C)(C)C)CC(=O)N(CCCOCc2ccccc2)C12CC2. The molecule has 1 atom stereocenters. The van der Waals surface area contributed by atoms with Crippen LogP contribution in [0.5, 0.6) is 0 Å². The summed E-state index contributed by atoms with van der Waals surface area (Å²) in [5, 5.41) is 0. The van der Waals surface area contributed by atoms with E-state index in [4.69, 9.17) is 14.2 Å². The van der Waals surface area contributed by atoms with Crippen LogP contribution in [0.25, 0.3) is 0 Å². The average Bonchev–Trinajstić information content (AvgIpc) is 3.49. The molecule has 0 N–H and O–H groups in total. The number of carbonyl (C=O) groups is 3. The second-order valence-corrected chi connectivity index (χ2v) is 9.07. The van der Waals surface area contributed by atoms with Gasteiger partial charge in [-0.3, -0.25) is 9.69 Å². The van der Waals surface area contributed by atoms with Crippen LogP contribution >= 0.6 is 0 Å². The molecule has 1 aromatic carbocycles. The van der Waals surface area contributed by atoms with Crippen LogP contribution in [0.3, 0.4) is 0 Å². The summed E-state index contributed by atoms with van der Waals surface area (Å²) in [6.07, 6.45) is 1.25. The molecule has 2 amide bonds. The molecule has 1 saturated heterocycles. The lowest BCUT2D eigenvalue weighted by Gasteiger charge is -2.46. The second kappa shape index (κ2) is 9.26. The lowest BCUT2D eigenvalue weighted by Crippen LogP contribution is -2.68. The third kappa shape index (κ3) is 5.36. The quantitative estimate of drug-likeness (QED) is 0.487. The van der Waals surface area contributed by atoms with Gasteiger partial charge in [-0.1, -0.05) is 30.3 Å². The second-order valence-electron chi connectivity index (χ2n) is 9.07. The molecule has 1 heterocycles. The molecule has 2 fully saturated rings. The van der Waals surface area contributed by atoms with Crippen molar-refractivity contribution >= 4 is 18.0 Å². The molecule has 0 bridgehead atoms. The summed E-state index contributed by atoms with van der Waals surface area (Å²) in [5.41, 5.74) is -0.363. The summed E-state index contributed by atoms with van der Waals surface area (Å²) in [4.78, 5) is 41.3. The highest BCUT2D eigenvalue weighted by molar-refractivity contribution is 5.92. The number of methoxy groups -OCH3 is 1. The number of carbonyl (C=O) groups excluding carboxylic acids is 3. The molecule has 3 rings (SSSR count). The number of nitrogens with zero attached hydrogens (tertiary/aromatic N) is 2. The van der Waals surface area contributed by atoms with Crippen LogP contribution in [0.2, 0.25) is 0 Å². The Morgan fingerprint density at radius 1 is 1.16 bits per heavy atom. The van der Waals surface area contributed by atoms with Gasteiger partial charge >= 0.3 is 12.1 Å². The van der Waals surface area contributed by atoms with Gasteiger partial charge in [-0.25, -0.2) is 9.59 Å². The molecule has 8 nitrogen and oxygen atoms in total. The summed E-state index contributed by atoms with van der Waals surface area (Å²) in [6, 6.07) is 9.02. The van der Waals surface area contributed by atoms with Crippen LogP contribution in [-0.4, -0.2) is 71.8 Å². The fourth-order valence-corrected chi connectivity index (χ4v) is 4.06. The number of rotatable bonds is 7. The standard InChI is InChI=1S/C23H32N2O6/c1-22(2,3)31-21(28)24-15-18(26)25(23(11-12-23)19(24)20(27)29-4)13-8-14-30-16-17-9-6-5-7-10-17/h5-7,9-10,19H,8,11-16H2,1-4H3. The fraction of sp³-hybridized carbons (Fsp3) is 0.609. The number of piperazine rings is 1. The molecule has 1 aromatic rings. The molecule has 1 unspecified atom stereocenters. The predicted octanol–water partition coefficient (Wildman–Crippen LogP) is 2.75. The highest BCUT2D eigenvalue weighted by Gasteiger charge is 2.64. The van der Waals surface area contributed by atoms with Gasteiger partial charge in [0.15, 0.2) is 6.04 Å². The maximum atomic E-state index is 13.0. The van der Waals surface area contributed by atoms with E-state index in [0.29, 0.717) is 39.0 Å². The molecular weight excluding hydrogens is 400 g/mol. The van der Waals surface area contributed by atoms with E-state index in [1.165, 1.54) is 12.0 Å². The molecule has 1 aliphatic heterocycles. The molecule has 1 saturated carbocycles. The molecule has 0 radical (unpaired) electrons. The Bertz CT molecular complexity index is 800. The summed E-state index contributed by atoms with van der Waals surface area (Å²) in [7, 11) is 1.30. The van der Waals surface area contributed by atoms with Crippen molar-refractivity contribution in [2.75, 3.05) is 26.8 Å². The molecule has 31 heavy (non-hydrogen) atoms. The molecular formula is C23H32N2O6. The van der Waals surface area contributed by atoms with Crippen molar-refractivity contribution in [3.63, 3.8) is 0 Å². The highest BCUT2D eigenvalue weighted by Crippen LogP contribution is 2.49. The van der Waals surface area contributed by atoms with Crippen LogP contribution in [0.4, 0.5) is 4.79 Å². The third-order valence-electron chi connectivity index (χ3n) is 5.56. The van der Waals surface area contributed by atoms with E-state index in [0.717, 1.165) is 5.56 Å². The molecule has 8 heteroatoms. The van der Waals surface area contributed by atoms with Crippen LogP contribution in [0.15, 0.2) is 30.3 Å². The zero-order valence-corrected chi connectivity index (χ0v) is 18.8. The Morgan fingerprint density at radius 2 is 1.84 bits per heavy atom. The number of esters is 1. The average molecular weight is 433 g/mol. The van der Waals surface area contributed by atoms with E-state index in [-0.39, 0.29) is 12.5 Å². The molecule has 1 aliphatic carbocycles. The normalized spacial score (nSPS) is 20.0. The smallest absolute Gasteiger partial charge is 0.411 e. The summed E-state index contributed by atoms with van der Waals surface area (Å²) in [6.45, 7) is 6.50. The van der Waals surface area contributed by atoms with Crippen molar-refractivity contribution in [2.24, 2.45) is 0 Å². The van der Waals surface area contributed by atoms with Crippen molar-refractivity contribution in [3.05, 3.63) is 35.9 Å². The van der Waals surface area contributed by atoms with Gasteiger partial charge in [0.1, 0.15) is 12.1 Å². The van der Waals surface area contributed by atoms with Crippen molar-refractivity contribution in [1.29, 1.82) is 0 Å². The number of hydrogen-bond donors (Lipinski definition) is 0. The fourth-order valence-electron chi connectivity index (χ4n) is 4.06.